The Labute approximate surface area is 161 Å². The van der Waals surface area contributed by atoms with Gasteiger partial charge in [-0.05, 0) is 13.0 Å². The highest BCUT2D eigenvalue weighted by atomic mass is 16.2. The number of amides is 1. The normalized spacial score (nSPS) is 14.4. The van der Waals surface area contributed by atoms with Gasteiger partial charge in [-0.3, -0.25) is 14.2 Å². The highest BCUT2D eigenvalue weighted by Crippen LogP contribution is 2.18. The first-order valence-electron chi connectivity index (χ1n) is 8.94. The quantitative estimate of drug-likeness (QED) is 0.631. The van der Waals surface area contributed by atoms with Crippen molar-refractivity contribution < 1.29 is 4.79 Å². The molecule has 10 nitrogen and oxygen atoms in total. The van der Waals surface area contributed by atoms with Crippen molar-refractivity contribution in [3.63, 3.8) is 0 Å². The lowest BCUT2D eigenvalue weighted by molar-refractivity contribution is 0.0738. The Morgan fingerprint density at radius 3 is 2.50 bits per heavy atom. The van der Waals surface area contributed by atoms with Crippen LogP contribution in [0.15, 0.2) is 41.7 Å². The first-order valence-corrected chi connectivity index (χ1v) is 8.94. The summed E-state index contributed by atoms with van der Waals surface area (Å²) in [6, 6.07) is 4.75. The van der Waals surface area contributed by atoms with Crippen molar-refractivity contribution in [1.29, 1.82) is 0 Å². The van der Waals surface area contributed by atoms with E-state index in [0.29, 0.717) is 32.0 Å². The van der Waals surface area contributed by atoms with Crippen LogP contribution in [0.1, 0.15) is 16.3 Å². The molecular weight excluding hydrogens is 360 g/mol. The lowest BCUT2D eigenvalue weighted by atomic mass is 10.2. The van der Waals surface area contributed by atoms with Gasteiger partial charge in [0.25, 0.3) is 11.5 Å². The maximum Gasteiger partial charge on any atom is 0.274 e. The van der Waals surface area contributed by atoms with Crippen molar-refractivity contribution >= 4 is 11.7 Å². The maximum absolute atomic E-state index is 12.7. The minimum absolute atomic E-state index is 0.173. The molecule has 1 fully saturated rings. The molecule has 4 heterocycles. The van der Waals surface area contributed by atoms with Gasteiger partial charge in [0.15, 0.2) is 0 Å². The summed E-state index contributed by atoms with van der Waals surface area (Å²) in [5.74, 6) is 2.08. The molecule has 1 amide bonds. The Bertz CT molecular complexity index is 1050. The average Bonchev–Trinajstić information content (AvgIpc) is 3.24. The van der Waals surface area contributed by atoms with Gasteiger partial charge < -0.3 is 9.80 Å². The SMILES string of the molecule is Cc1nc(N2CCN(C(=O)c3ccc(=O)n(C)n3)CC2)cc(-n2ccnc2)n1. The van der Waals surface area contributed by atoms with Crippen molar-refractivity contribution in [2.75, 3.05) is 31.1 Å². The van der Waals surface area contributed by atoms with Crippen LogP contribution in [0.5, 0.6) is 0 Å². The lowest BCUT2D eigenvalue weighted by Crippen LogP contribution is -2.49. The number of carbonyl (C=O) groups is 1. The molecule has 10 heteroatoms. The second-order valence-electron chi connectivity index (χ2n) is 6.56. The number of carbonyl (C=O) groups excluding carboxylic acids is 1. The fraction of sp³-hybridized carbons (Fsp3) is 0.333. The van der Waals surface area contributed by atoms with Gasteiger partial charge in [0.2, 0.25) is 0 Å². The van der Waals surface area contributed by atoms with Crippen LogP contribution in [-0.2, 0) is 7.05 Å². The van der Waals surface area contributed by atoms with E-state index in [-0.39, 0.29) is 17.2 Å². The second-order valence-corrected chi connectivity index (χ2v) is 6.56. The number of aryl methyl sites for hydroxylation is 2. The number of aromatic nitrogens is 6. The van der Waals surface area contributed by atoms with E-state index in [4.69, 9.17) is 0 Å². The van der Waals surface area contributed by atoms with E-state index in [1.807, 2.05) is 23.8 Å². The zero-order valence-electron chi connectivity index (χ0n) is 15.7. The Kier molecular flexibility index (Phi) is 4.60. The monoisotopic (exact) mass is 380 g/mol. The van der Waals surface area contributed by atoms with Gasteiger partial charge >= 0.3 is 0 Å². The molecule has 1 aliphatic rings. The zero-order valence-corrected chi connectivity index (χ0v) is 15.7. The topological polar surface area (TPSA) is 102 Å². The van der Waals surface area contributed by atoms with Crippen LogP contribution in [0.2, 0.25) is 0 Å². The van der Waals surface area contributed by atoms with Crippen molar-refractivity contribution in [3.8, 4) is 5.82 Å². The van der Waals surface area contributed by atoms with Crippen LogP contribution < -0.4 is 10.5 Å². The fourth-order valence-corrected chi connectivity index (χ4v) is 3.14. The number of hydrogen-bond donors (Lipinski definition) is 0. The Morgan fingerprint density at radius 2 is 1.82 bits per heavy atom. The summed E-state index contributed by atoms with van der Waals surface area (Å²) in [6.45, 7) is 4.25. The molecule has 144 valence electrons. The molecule has 28 heavy (non-hydrogen) atoms. The molecule has 0 saturated carbocycles. The first-order chi connectivity index (χ1) is 13.5. The summed E-state index contributed by atoms with van der Waals surface area (Å²) < 4.78 is 3.01. The third kappa shape index (κ3) is 3.48. The molecule has 4 rings (SSSR count). The Morgan fingerprint density at radius 1 is 1.07 bits per heavy atom. The number of rotatable bonds is 3. The average molecular weight is 380 g/mol. The van der Waals surface area contributed by atoms with Crippen molar-refractivity contribution in [3.05, 3.63) is 58.8 Å². The van der Waals surface area contributed by atoms with Crippen LogP contribution in [0.4, 0.5) is 5.82 Å². The molecule has 0 spiro atoms. The van der Waals surface area contributed by atoms with Gasteiger partial charge in [-0.1, -0.05) is 0 Å². The van der Waals surface area contributed by atoms with Crippen molar-refractivity contribution in [2.45, 2.75) is 6.92 Å². The van der Waals surface area contributed by atoms with Crippen LogP contribution in [0.3, 0.4) is 0 Å². The van der Waals surface area contributed by atoms with Crippen LogP contribution in [0, 0.1) is 6.92 Å². The molecule has 0 N–H and O–H groups in total. The lowest BCUT2D eigenvalue weighted by Gasteiger charge is -2.35. The predicted octanol–water partition coefficient (Wildman–Crippen LogP) is 0.0268. The molecule has 0 bridgehead atoms. The number of piperazine rings is 1. The van der Waals surface area contributed by atoms with E-state index in [1.54, 1.807) is 17.4 Å². The molecule has 3 aromatic heterocycles. The van der Waals surface area contributed by atoms with E-state index in [9.17, 15) is 9.59 Å². The van der Waals surface area contributed by atoms with Gasteiger partial charge in [0, 0.05) is 57.8 Å². The van der Waals surface area contributed by atoms with Crippen LogP contribution in [0.25, 0.3) is 5.82 Å². The molecule has 0 atom stereocenters. The number of anilines is 1. The molecule has 0 unspecified atom stereocenters. The zero-order chi connectivity index (χ0) is 19.7. The third-order valence-electron chi connectivity index (χ3n) is 4.65. The van der Waals surface area contributed by atoms with Gasteiger partial charge in [-0.2, -0.15) is 5.10 Å². The van der Waals surface area contributed by atoms with E-state index in [0.717, 1.165) is 11.6 Å². The molecule has 0 aromatic carbocycles. The highest BCUT2D eigenvalue weighted by molar-refractivity contribution is 5.92. The molecule has 0 radical (unpaired) electrons. The smallest absolute Gasteiger partial charge is 0.274 e. The summed E-state index contributed by atoms with van der Waals surface area (Å²) >= 11 is 0. The van der Waals surface area contributed by atoms with Crippen LogP contribution in [-0.4, -0.2) is 66.3 Å². The van der Waals surface area contributed by atoms with E-state index < -0.39 is 0 Å². The van der Waals surface area contributed by atoms with Gasteiger partial charge in [0.05, 0.1) is 0 Å². The van der Waals surface area contributed by atoms with E-state index in [2.05, 4.69) is 25.0 Å². The van der Waals surface area contributed by atoms with Crippen molar-refractivity contribution in [2.24, 2.45) is 7.05 Å². The minimum atomic E-state index is -0.241. The maximum atomic E-state index is 12.7. The van der Waals surface area contributed by atoms with E-state index >= 15 is 0 Å². The predicted molar refractivity (Wildman–Crippen MR) is 101 cm³/mol. The van der Waals surface area contributed by atoms with Gasteiger partial charge in [-0.25, -0.2) is 19.6 Å². The standard InChI is InChI=1S/C18H20N8O2/c1-13-20-15(11-16(21-13)26-6-5-19-12-26)24-7-9-25(10-8-24)18(28)14-3-4-17(27)23(2)22-14/h3-6,11-12H,7-10H2,1-2H3. The summed E-state index contributed by atoms with van der Waals surface area (Å²) in [7, 11) is 1.53. The third-order valence-corrected chi connectivity index (χ3v) is 4.65. The van der Waals surface area contributed by atoms with Crippen molar-refractivity contribution in [1.82, 2.24) is 34.2 Å². The largest absolute Gasteiger partial charge is 0.353 e. The number of hydrogen-bond acceptors (Lipinski definition) is 7. The molecule has 1 saturated heterocycles. The minimum Gasteiger partial charge on any atom is -0.353 e. The summed E-state index contributed by atoms with van der Waals surface area (Å²) in [6.07, 6.45) is 5.24. The number of nitrogens with zero attached hydrogens (tertiary/aromatic N) is 8. The summed E-state index contributed by atoms with van der Waals surface area (Å²) in [5.41, 5.74) is 0.0324. The number of imidazole rings is 1. The Hall–Kier alpha value is -3.56. The second kappa shape index (κ2) is 7.22. The van der Waals surface area contributed by atoms with Gasteiger partial charge in [0.1, 0.15) is 29.5 Å². The Balaban J connectivity index is 1.47. The molecule has 3 aromatic rings. The first kappa shape index (κ1) is 17.8. The van der Waals surface area contributed by atoms with Crippen LogP contribution >= 0.6 is 0 Å². The van der Waals surface area contributed by atoms with Gasteiger partial charge in [-0.15, -0.1) is 0 Å². The molecule has 0 aliphatic carbocycles. The van der Waals surface area contributed by atoms with E-state index in [1.165, 1.54) is 23.9 Å². The summed E-state index contributed by atoms with van der Waals surface area (Å²) in [5, 5.41) is 4.05. The highest BCUT2D eigenvalue weighted by Gasteiger charge is 2.24. The molecular formula is C18H20N8O2. The summed E-state index contributed by atoms with van der Waals surface area (Å²) in [4.78, 5) is 41.1. The molecule has 1 aliphatic heterocycles. The fourth-order valence-electron chi connectivity index (χ4n) is 3.14.